The van der Waals surface area contributed by atoms with Crippen LogP contribution in [0.2, 0.25) is 0 Å². The molecule has 2 heterocycles. The van der Waals surface area contributed by atoms with Gasteiger partial charge in [-0.05, 0) is 6.07 Å². The molecule has 0 fully saturated rings. The third-order valence-electron chi connectivity index (χ3n) is 4.20. The van der Waals surface area contributed by atoms with Gasteiger partial charge in [0.1, 0.15) is 17.7 Å². The van der Waals surface area contributed by atoms with Crippen molar-refractivity contribution in [3.05, 3.63) is 30.6 Å². The predicted molar refractivity (Wildman–Crippen MR) is 101 cm³/mol. The topological polar surface area (TPSA) is 92.6 Å². The Balaban J connectivity index is 1.95. The fraction of sp³-hybridized carbons (Fsp3) is 0.389. The molecular formula is C18H23N5O4. The molecule has 2 aromatic heterocycles. The van der Waals surface area contributed by atoms with Crippen LogP contribution in [0.3, 0.4) is 0 Å². The van der Waals surface area contributed by atoms with E-state index < -0.39 is 0 Å². The van der Waals surface area contributed by atoms with E-state index in [0.717, 1.165) is 17.6 Å². The summed E-state index contributed by atoms with van der Waals surface area (Å²) in [5.41, 5.74) is 1.66. The minimum absolute atomic E-state index is 0.495. The quantitative estimate of drug-likeness (QED) is 0.610. The highest BCUT2D eigenvalue weighted by molar-refractivity contribution is 5.96. The monoisotopic (exact) mass is 373 g/mol. The van der Waals surface area contributed by atoms with Gasteiger partial charge in [-0.3, -0.25) is 0 Å². The molecule has 3 aromatic rings. The lowest BCUT2D eigenvalue weighted by Gasteiger charge is -2.16. The minimum atomic E-state index is 0.495. The van der Waals surface area contributed by atoms with Crippen LogP contribution in [0.4, 0.5) is 5.82 Å². The summed E-state index contributed by atoms with van der Waals surface area (Å²) in [6, 6.07) is 1.83. The molecule has 0 radical (unpaired) electrons. The number of nitrogens with zero attached hydrogens (tertiary/aromatic N) is 4. The number of hydrogen-bond donors (Lipinski definition) is 1. The van der Waals surface area contributed by atoms with Crippen LogP contribution in [-0.4, -0.2) is 54.6 Å². The molecule has 1 aromatic carbocycles. The summed E-state index contributed by atoms with van der Waals surface area (Å²) in [4.78, 5) is 12.9. The van der Waals surface area contributed by atoms with Crippen molar-refractivity contribution < 1.29 is 18.9 Å². The first-order chi connectivity index (χ1) is 13.2. The van der Waals surface area contributed by atoms with E-state index in [9.17, 15) is 0 Å². The fourth-order valence-electron chi connectivity index (χ4n) is 2.87. The third kappa shape index (κ3) is 3.72. The van der Waals surface area contributed by atoms with E-state index in [-0.39, 0.29) is 0 Å². The smallest absolute Gasteiger partial charge is 0.205 e. The molecule has 0 saturated heterocycles. The fourth-order valence-corrected chi connectivity index (χ4v) is 2.87. The molecule has 0 amide bonds. The molecule has 27 heavy (non-hydrogen) atoms. The summed E-state index contributed by atoms with van der Waals surface area (Å²) in [6.45, 7) is 1.90. The standard InChI is InChI=1S/C18H23N5O4/c1-24-6-5-23-11-19-8-12(23)9-20-18-13-7-14(25-2)16(26-3)17(27-4)15(13)21-10-22-18/h7-8,10-11H,5-6,9H2,1-4H3,(H,20,21,22). The molecule has 0 aliphatic carbocycles. The minimum Gasteiger partial charge on any atom is -0.493 e. The van der Waals surface area contributed by atoms with Crippen LogP contribution in [0.25, 0.3) is 10.9 Å². The molecule has 3 rings (SSSR count). The number of fused-ring (bicyclic) bond motifs is 1. The van der Waals surface area contributed by atoms with E-state index in [0.29, 0.717) is 41.7 Å². The number of rotatable bonds is 9. The van der Waals surface area contributed by atoms with E-state index in [1.54, 1.807) is 34.8 Å². The largest absolute Gasteiger partial charge is 0.493 e. The maximum absolute atomic E-state index is 5.51. The Morgan fingerprint density at radius 1 is 1.04 bits per heavy atom. The molecule has 0 saturated carbocycles. The number of nitrogens with one attached hydrogen (secondary N) is 1. The molecular weight excluding hydrogens is 350 g/mol. The maximum atomic E-state index is 5.51. The lowest BCUT2D eigenvalue weighted by atomic mass is 10.2. The Labute approximate surface area is 157 Å². The highest BCUT2D eigenvalue weighted by Gasteiger charge is 2.19. The van der Waals surface area contributed by atoms with Crippen molar-refractivity contribution in [3.8, 4) is 17.2 Å². The van der Waals surface area contributed by atoms with Crippen molar-refractivity contribution in [3.63, 3.8) is 0 Å². The van der Waals surface area contributed by atoms with Crippen molar-refractivity contribution >= 4 is 16.7 Å². The van der Waals surface area contributed by atoms with Crippen molar-refractivity contribution in [2.45, 2.75) is 13.1 Å². The second kappa shape index (κ2) is 8.54. The average Bonchev–Trinajstić information content (AvgIpc) is 3.16. The zero-order valence-electron chi connectivity index (χ0n) is 15.9. The zero-order valence-corrected chi connectivity index (χ0v) is 15.9. The molecule has 9 nitrogen and oxygen atoms in total. The van der Waals surface area contributed by atoms with E-state index in [2.05, 4.69) is 20.3 Å². The number of benzene rings is 1. The molecule has 1 N–H and O–H groups in total. The summed E-state index contributed by atoms with van der Waals surface area (Å²) in [5, 5.41) is 4.12. The van der Waals surface area contributed by atoms with Crippen molar-refractivity contribution in [1.29, 1.82) is 0 Å². The molecule has 0 aliphatic rings. The normalized spacial score (nSPS) is 10.8. The van der Waals surface area contributed by atoms with Crippen LogP contribution in [0.5, 0.6) is 17.2 Å². The Morgan fingerprint density at radius 3 is 2.56 bits per heavy atom. The summed E-state index contributed by atoms with van der Waals surface area (Å²) in [5.74, 6) is 2.21. The van der Waals surface area contributed by atoms with Gasteiger partial charge in [0.2, 0.25) is 5.75 Å². The lowest BCUT2D eigenvalue weighted by Crippen LogP contribution is -2.11. The Morgan fingerprint density at radius 2 is 1.85 bits per heavy atom. The predicted octanol–water partition coefficient (Wildman–Crippen LogP) is 2.11. The lowest BCUT2D eigenvalue weighted by molar-refractivity contribution is 0.186. The molecule has 0 aliphatic heterocycles. The van der Waals surface area contributed by atoms with Crippen LogP contribution in [0.1, 0.15) is 5.69 Å². The number of methoxy groups -OCH3 is 4. The maximum Gasteiger partial charge on any atom is 0.205 e. The number of hydrogen-bond acceptors (Lipinski definition) is 8. The Hall–Kier alpha value is -3.07. The van der Waals surface area contributed by atoms with Crippen molar-refractivity contribution in [2.24, 2.45) is 0 Å². The first-order valence-corrected chi connectivity index (χ1v) is 8.39. The molecule has 9 heteroatoms. The average molecular weight is 373 g/mol. The first kappa shape index (κ1) is 18.7. The van der Waals surface area contributed by atoms with Gasteiger partial charge in [-0.2, -0.15) is 0 Å². The number of imidazole rings is 1. The number of aromatic nitrogens is 4. The van der Waals surface area contributed by atoms with Crippen LogP contribution in [-0.2, 0) is 17.8 Å². The van der Waals surface area contributed by atoms with E-state index in [1.807, 2.05) is 16.8 Å². The van der Waals surface area contributed by atoms with Crippen LogP contribution >= 0.6 is 0 Å². The van der Waals surface area contributed by atoms with Crippen LogP contribution < -0.4 is 19.5 Å². The molecule has 0 spiro atoms. The number of ether oxygens (including phenoxy) is 4. The van der Waals surface area contributed by atoms with Gasteiger partial charge < -0.3 is 28.8 Å². The summed E-state index contributed by atoms with van der Waals surface area (Å²) >= 11 is 0. The summed E-state index contributed by atoms with van der Waals surface area (Å²) in [7, 11) is 6.39. The van der Waals surface area contributed by atoms with Crippen LogP contribution in [0, 0.1) is 0 Å². The SMILES string of the molecule is COCCn1cncc1CNc1ncnc2c(OC)c(OC)c(OC)cc12. The van der Waals surface area contributed by atoms with Crippen LogP contribution in [0.15, 0.2) is 24.9 Å². The molecule has 0 atom stereocenters. The van der Waals surface area contributed by atoms with Gasteiger partial charge >= 0.3 is 0 Å². The number of anilines is 1. The van der Waals surface area contributed by atoms with Gasteiger partial charge in [-0.1, -0.05) is 0 Å². The van der Waals surface area contributed by atoms with Gasteiger partial charge in [0.05, 0.1) is 51.9 Å². The molecule has 0 unspecified atom stereocenters. The Bertz CT molecular complexity index is 912. The summed E-state index contributed by atoms with van der Waals surface area (Å²) < 4.78 is 23.5. The molecule has 144 valence electrons. The first-order valence-electron chi connectivity index (χ1n) is 8.39. The second-order valence-electron chi connectivity index (χ2n) is 5.69. The van der Waals surface area contributed by atoms with E-state index >= 15 is 0 Å². The van der Waals surface area contributed by atoms with Gasteiger partial charge in [0.15, 0.2) is 11.5 Å². The van der Waals surface area contributed by atoms with Gasteiger partial charge in [-0.25, -0.2) is 15.0 Å². The zero-order chi connectivity index (χ0) is 19.2. The van der Waals surface area contributed by atoms with Gasteiger partial charge in [0, 0.05) is 19.9 Å². The van der Waals surface area contributed by atoms with Gasteiger partial charge in [-0.15, -0.1) is 0 Å². The van der Waals surface area contributed by atoms with E-state index in [1.165, 1.54) is 6.33 Å². The highest BCUT2D eigenvalue weighted by atomic mass is 16.5. The third-order valence-corrected chi connectivity index (χ3v) is 4.20. The highest BCUT2D eigenvalue weighted by Crippen LogP contribution is 2.43. The van der Waals surface area contributed by atoms with Gasteiger partial charge in [0.25, 0.3) is 0 Å². The van der Waals surface area contributed by atoms with Crippen molar-refractivity contribution in [1.82, 2.24) is 19.5 Å². The molecule has 0 bridgehead atoms. The van der Waals surface area contributed by atoms with Crippen molar-refractivity contribution in [2.75, 3.05) is 40.4 Å². The van der Waals surface area contributed by atoms with E-state index in [4.69, 9.17) is 18.9 Å². The second-order valence-corrected chi connectivity index (χ2v) is 5.69. The Kier molecular flexibility index (Phi) is 5.92. The summed E-state index contributed by atoms with van der Waals surface area (Å²) in [6.07, 6.45) is 5.09.